The minimum Gasteiger partial charge on any atom is -0.398 e. The van der Waals surface area contributed by atoms with Crippen LogP contribution in [0.5, 0.6) is 0 Å². The predicted molar refractivity (Wildman–Crippen MR) is 69.9 cm³/mol. The Morgan fingerprint density at radius 2 is 2.28 bits per heavy atom. The number of nitrogens with two attached hydrogens (primary N) is 1. The number of hydrogen-bond donors (Lipinski definition) is 3. The van der Waals surface area contributed by atoms with Crippen LogP contribution in [0, 0.1) is 0 Å². The molecule has 0 spiro atoms. The second-order valence-electron chi connectivity index (χ2n) is 4.61. The molecular formula is C13H19N3O2. The lowest BCUT2D eigenvalue weighted by atomic mass is 10.1. The van der Waals surface area contributed by atoms with Crippen LogP contribution in [0.4, 0.5) is 5.69 Å². The Morgan fingerprint density at radius 3 is 3.00 bits per heavy atom. The van der Waals surface area contributed by atoms with Crippen LogP contribution in [-0.4, -0.2) is 41.6 Å². The maximum absolute atomic E-state index is 11.5. The lowest BCUT2D eigenvalue weighted by Gasteiger charge is -2.34. The molecule has 0 bridgehead atoms. The number of hydrogen-bond acceptors (Lipinski definition) is 4. The van der Waals surface area contributed by atoms with Crippen molar-refractivity contribution in [2.45, 2.75) is 19.1 Å². The summed E-state index contributed by atoms with van der Waals surface area (Å²) in [4.78, 5) is 13.5. The highest BCUT2D eigenvalue weighted by Gasteiger charge is 2.27. The third kappa shape index (κ3) is 2.63. The van der Waals surface area contributed by atoms with E-state index in [1.165, 1.54) is 0 Å². The van der Waals surface area contributed by atoms with Crippen molar-refractivity contribution in [1.29, 1.82) is 0 Å². The van der Waals surface area contributed by atoms with Crippen LogP contribution >= 0.6 is 0 Å². The van der Waals surface area contributed by atoms with Gasteiger partial charge in [0.15, 0.2) is 0 Å². The molecule has 5 nitrogen and oxygen atoms in total. The van der Waals surface area contributed by atoms with E-state index in [2.05, 4.69) is 5.32 Å². The van der Waals surface area contributed by atoms with Crippen LogP contribution in [0.1, 0.15) is 18.6 Å². The predicted octanol–water partition coefficient (Wildman–Crippen LogP) is 0.122. The van der Waals surface area contributed by atoms with Crippen LogP contribution in [0.15, 0.2) is 24.3 Å². The Morgan fingerprint density at radius 1 is 1.56 bits per heavy atom. The zero-order chi connectivity index (χ0) is 13.1. The fourth-order valence-corrected chi connectivity index (χ4v) is 2.21. The van der Waals surface area contributed by atoms with Crippen molar-refractivity contribution in [3.05, 3.63) is 29.8 Å². The molecule has 1 aromatic rings. The van der Waals surface area contributed by atoms with Gasteiger partial charge in [-0.15, -0.1) is 0 Å². The maximum Gasteiger partial charge on any atom is 0.237 e. The summed E-state index contributed by atoms with van der Waals surface area (Å²) < 4.78 is 0. The standard InChI is InChI=1S/C13H19N3O2/c1-9-13(18)15-6-7-16(9)8-12(17)10-4-2-3-5-11(10)14/h2-5,9,12,17H,6-8,14H2,1H3,(H,15,18). The summed E-state index contributed by atoms with van der Waals surface area (Å²) in [5.74, 6) is 0.00878. The number of rotatable bonds is 3. The van der Waals surface area contributed by atoms with Gasteiger partial charge in [0.05, 0.1) is 12.1 Å². The van der Waals surface area contributed by atoms with Gasteiger partial charge in [-0.1, -0.05) is 18.2 Å². The summed E-state index contributed by atoms with van der Waals surface area (Å²) in [5, 5.41) is 13.0. The van der Waals surface area contributed by atoms with Crippen LogP contribution < -0.4 is 11.1 Å². The second-order valence-corrected chi connectivity index (χ2v) is 4.61. The van der Waals surface area contributed by atoms with Gasteiger partial charge in [0.1, 0.15) is 0 Å². The molecular weight excluding hydrogens is 230 g/mol. The molecule has 0 saturated carbocycles. The molecule has 1 amide bonds. The fourth-order valence-electron chi connectivity index (χ4n) is 2.21. The molecule has 2 rings (SSSR count). The number of aliphatic hydroxyl groups excluding tert-OH is 1. The monoisotopic (exact) mass is 249 g/mol. The average molecular weight is 249 g/mol. The van der Waals surface area contributed by atoms with Gasteiger partial charge in [0.25, 0.3) is 0 Å². The number of piperazine rings is 1. The molecule has 5 heteroatoms. The highest BCUT2D eigenvalue weighted by Crippen LogP contribution is 2.21. The van der Waals surface area contributed by atoms with E-state index in [1.807, 2.05) is 30.0 Å². The van der Waals surface area contributed by atoms with Crippen molar-refractivity contribution in [3.8, 4) is 0 Å². The van der Waals surface area contributed by atoms with E-state index in [-0.39, 0.29) is 11.9 Å². The van der Waals surface area contributed by atoms with Gasteiger partial charge in [0, 0.05) is 30.9 Å². The molecule has 0 radical (unpaired) electrons. The molecule has 2 atom stereocenters. The molecule has 2 unspecified atom stereocenters. The Balaban J connectivity index is 2.05. The van der Waals surface area contributed by atoms with E-state index >= 15 is 0 Å². The second kappa shape index (κ2) is 5.37. The Kier molecular flexibility index (Phi) is 3.84. The molecule has 1 aromatic carbocycles. The lowest BCUT2D eigenvalue weighted by Crippen LogP contribution is -2.54. The van der Waals surface area contributed by atoms with Gasteiger partial charge >= 0.3 is 0 Å². The molecule has 1 saturated heterocycles. The fraction of sp³-hybridized carbons (Fsp3) is 0.462. The van der Waals surface area contributed by atoms with Crippen LogP contribution in [0.2, 0.25) is 0 Å². The molecule has 1 aliphatic heterocycles. The molecule has 4 N–H and O–H groups in total. The van der Waals surface area contributed by atoms with E-state index < -0.39 is 6.10 Å². The third-order valence-corrected chi connectivity index (χ3v) is 3.39. The number of carbonyl (C=O) groups is 1. The number of amides is 1. The summed E-state index contributed by atoms with van der Waals surface area (Å²) in [6.07, 6.45) is -0.667. The largest absolute Gasteiger partial charge is 0.398 e. The minimum absolute atomic E-state index is 0.00878. The van der Waals surface area contributed by atoms with E-state index in [9.17, 15) is 9.90 Å². The van der Waals surface area contributed by atoms with Crippen molar-refractivity contribution in [1.82, 2.24) is 10.2 Å². The van der Waals surface area contributed by atoms with Gasteiger partial charge in [-0.3, -0.25) is 9.69 Å². The lowest BCUT2D eigenvalue weighted by molar-refractivity contribution is -0.128. The van der Waals surface area contributed by atoms with Crippen molar-refractivity contribution in [2.75, 3.05) is 25.4 Å². The average Bonchev–Trinajstić information content (AvgIpc) is 2.35. The highest BCUT2D eigenvalue weighted by molar-refractivity contribution is 5.82. The van der Waals surface area contributed by atoms with Gasteiger partial charge in [-0.05, 0) is 13.0 Å². The molecule has 18 heavy (non-hydrogen) atoms. The van der Waals surface area contributed by atoms with Gasteiger partial charge in [-0.2, -0.15) is 0 Å². The number of β-amino-alcohol motifs (C(OH)–C–C–N with tert-alkyl or cyclic N) is 1. The molecule has 1 aliphatic rings. The molecule has 98 valence electrons. The van der Waals surface area contributed by atoms with Crippen molar-refractivity contribution < 1.29 is 9.90 Å². The van der Waals surface area contributed by atoms with Crippen LogP contribution in [-0.2, 0) is 4.79 Å². The first kappa shape index (κ1) is 12.9. The van der Waals surface area contributed by atoms with E-state index in [0.717, 1.165) is 12.1 Å². The first-order valence-corrected chi connectivity index (χ1v) is 6.14. The highest BCUT2D eigenvalue weighted by atomic mass is 16.3. The molecule has 0 aliphatic carbocycles. The van der Waals surface area contributed by atoms with E-state index in [0.29, 0.717) is 18.8 Å². The number of nitrogens with one attached hydrogen (secondary N) is 1. The maximum atomic E-state index is 11.5. The Hall–Kier alpha value is -1.59. The van der Waals surface area contributed by atoms with Crippen molar-refractivity contribution in [2.24, 2.45) is 0 Å². The number of benzene rings is 1. The van der Waals surface area contributed by atoms with E-state index in [1.54, 1.807) is 6.07 Å². The third-order valence-electron chi connectivity index (χ3n) is 3.39. The summed E-state index contributed by atoms with van der Waals surface area (Å²) in [6, 6.07) is 7.06. The molecule has 1 fully saturated rings. The smallest absolute Gasteiger partial charge is 0.237 e. The first-order chi connectivity index (χ1) is 8.59. The van der Waals surface area contributed by atoms with Crippen molar-refractivity contribution >= 4 is 11.6 Å². The van der Waals surface area contributed by atoms with Crippen LogP contribution in [0.3, 0.4) is 0 Å². The minimum atomic E-state index is -0.667. The quantitative estimate of drug-likeness (QED) is 0.665. The molecule has 0 aromatic heterocycles. The van der Waals surface area contributed by atoms with Gasteiger partial charge < -0.3 is 16.2 Å². The topological polar surface area (TPSA) is 78.6 Å². The number of nitrogen functional groups attached to an aromatic ring is 1. The zero-order valence-electron chi connectivity index (χ0n) is 10.5. The summed E-state index contributed by atoms with van der Waals surface area (Å²) in [7, 11) is 0. The zero-order valence-corrected chi connectivity index (χ0v) is 10.5. The number of carbonyl (C=O) groups excluding carboxylic acids is 1. The van der Waals surface area contributed by atoms with Gasteiger partial charge in [0.2, 0.25) is 5.91 Å². The summed E-state index contributed by atoms with van der Waals surface area (Å²) in [6.45, 7) is 3.63. The Bertz CT molecular complexity index is 436. The SMILES string of the molecule is CC1C(=O)NCCN1CC(O)c1ccccc1N. The normalized spacial score (nSPS) is 22.6. The summed E-state index contributed by atoms with van der Waals surface area (Å²) in [5.41, 5.74) is 7.13. The first-order valence-electron chi connectivity index (χ1n) is 6.14. The number of anilines is 1. The van der Waals surface area contributed by atoms with Gasteiger partial charge in [-0.25, -0.2) is 0 Å². The summed E-state index contributed by atoms with van der Waals surface area (Å²) >= 11 is 0. The Labute approximate surface area is 107 Å². The number of para-hydroxylation sites is 1. The van der Waals surface area contributed by atoms with Crippen LogP contribution in [0.25, 0.3) is 0 Å². The van der Waals surface area contributed by atoms with E-state index in [4.69, 9.17) is 5.73 Å². The molecule has 1 heterocycles. The number of aliphatic hydroxyl groups is 1. The van der Waals surface area contributed by atoms with Crippen molar-refractivity contribution in [3.63, 3.8) is 0 Å². The number of nitrogens with zero attached hydrogens (tertiary/aromatic N) is 1.